The molecule has 0 aliphatic carbocycles. The molecule has 2 rings (SSSR count). The topological polar surface area (TPSA) is 75.1 Å². The maximum absolute atomic E-state index is 12.5. The van der Waals surface area contributed by atoms with Crippen molar-refractivity contribution in [2.45, 2.75) is 26.4 Å². The summed E-state index contributed by atoms with van der Waals surface area (Å²) in [6.07, 6.45) is 5.15. The number of carbonyl (C=O) groups is 1. The lowest BCUT2D eigenvalue weighted by atomic mass is 10.2. The van der Waals surface area contributed by atoms with Crippen LogP contribution in [0.15, 0.2) is 30.7 Å². The third-order valence-electron chi connectivity index (χ3n) is 3.15. The Labute approximate surface area is 136 Å². The first-order valence-electron chi connectivity index (χ1n) is 7.66. The van der Waals surface area contributed by atoms with Crippen LogP contribution in [0.2, 0.25) is 0 Å². The molecule has 2 N–H and O–H groups in total. The van der Waals surface area contributed by atoms with Gasteiger partial charge in [0.15, 0.2) is 0 Å². The number of rotatable bonds is 7. The van der Waals surface area contributed by atoms with Crippen molar-refractivity contribution in [3.63, 3.8) is 0 Å². The molecular weight excluding hydrogens is 292 g/mol. The Hall–Kier alpha value is -2.41. The Morgan fingerprint density at radius 3 is 2.87 bits per heavy atom. The van der Waals surface area contributed by atoms with Crippen LogP contribution in [0.25, 0.3) is 0 Å². The minimum atomic E-state index is -0.201. The molecule has 0 radical (unpaired) electrons. The van der Waals surface area contributed by atoms with Gasteiger partial charge in [-0.1, -0.05) is 0 Å². The quantitative estimate of drug-likeness (QED) is 0.816. The SMILES string of the molecule is CC(C)Nc1ncccc1C(=O)Nc1cnn(CCN(C)C)c1. The number of aromatic nitrogens is 3. The van der Waals surface area contributed by atoms with Crippen LogP contribution in [0.5, 0.6) is 0 Å². The fourth-order valence-corrected chi connectivity index (χ4v) is 2.03. The van der Waals surface area contributed by atoms with E-state index in [0.29, 0.717) is 17.1 Å². The fourth-order valence-electron chi connectivity index (χ4n) is 2.03. The number of nitrogens with zero attached hydrogens (tertiary/aromatic N) is 4. The Balaban J connectivity index is 2.05. The van der Waals surface area contributed by atoms with E-state index >= 15 is 0 Å². The van der Waals surface area contributed by atoms with Gasteiger partial charge in [0.05, 0.1) is 24.0 Å². The average Bonchev–Trinajstić information content (AvgIpc) is 2.92. The molecule has 0 aromatic carbocycles. The highest BCUT2D eigenvalue weighted by atomic mass is 16.1. The van der Waals surface area contributed by atoms with E-state index in [-0.39, 0.29) is 11.9 Å². The van der Waals surface area contributed by atoms with Gasteiger partial charge in [0, 0.05) is 25.0 Å². The van der Waals surface area contributed by atoms with Crippen LogP contribution < -0.4 is 10.6 Å². The monoisotopic (exact) mass is 316 g/mol. The molecule has 2 aromatic rings. The number of pyridine rings is 1. The molecule has 0 saturated carbocycles. The molecule has 23 heavy (non-hydrogen) atoms. The summed E-state index contributed by atoms with van der Waals surface area (Å²) in [4.78, 5) is 18.8. The number of hydrogen-bond acceptors (Lipinski definition) is 5. The van der Waals surface area contributed by atoms with E-state index in [1.807, 2.05) is 38.8 Å². The molecule has 2 aromatic heterocycles. The Morgan fingerprint density at radius 1 is 1.39 bits per heavy atom. The van der Waals surface area contributed by atoms with Crippen LogP contribution in [-0.4, -0.2) is 52.3 Å². The van der Waals surface area contributed by atoms with Crippen LogP contribution in [0.1, 0.15) is 24.2 Å². The van der Waals surface area contributed by atoms with Gasteiger partial charge in [-0.15, -0.1) is 0 Å². The molecule has 7 heteroatoms. The van der Waals surface area contributed by atoms with Gasteiger partial charge >= 0.3 is 0 Å². The van der Waals surface area contributed by atoms with Crippen molar-refractivity contribution >= 4 is 17.4 Å². The average molecular weight is 316 g/mol. The maximum Gasteiger partial charge on any atom is 0.259 e. The molecule has 0 unspecified atom stereocenters. The van der Waals surface area contributed by atoms with Gasteiger partial charge in [-0.05, 0) is 40.1 Å². The van der Waals surface area contributed by atoms with Crippen molar-refractivity contribution in [1.82, 2.24) is 19.7 Å². The molecule has 1 amide bonds. The zero-order valence-corrected chi connectivity index (χ0v) is 14.1. The first kappa shape index (κ1) is 17.0. The zero-order valence-electron chi connectivity index (χ0n) is 14.1. The molecule has 0 atom stereocenters. The second-order valence-corrected chi connectivity index (χ2v) is 5.95. The smallest absolute Gasteiger partial charge is 0.259 e. The van der Waals surface area contributed by atoms with Crippen molar-refractivity contribution in [1.29, 1.82) is 0 Å². The highest BCUT2D eigenvalue weighted by Crippen LogP contribution is 2.15. The third-order valence-corrected chi connectivity index (χ3v) is 3.15. The molecule has 0 aliphatic heterocycles. The summed E-state index contributed by atoms with van der Waals surface area (Å²) in [5, 5.41) is 10.3. The molecular formula is C16H24N6O. The van der Waals surface area contributed by atoms with Crippen LogP contribution in [0.4, 0.5) is 11.5 Å². The molecule has 0 spiro atoms. The summed E-state index contributed by atoms with van der Waals surface area (Å²) in [5.74, 6) is 0.383. The van der Waals surface area contributed by atoms with Crippen molar-refractivity contribution in [2.24, 2.45) is 0 Å². The molecule has 2 heterocycles. The van der Waals surface area contributed by atoms with E-state index in [1.54, 1.807) is 24.5 Å². The van der Waals surface area contributed by atoms with Crippen LogP contribution >= 0.6 is 0 Å². The van der Waals surface area contributed by atoms with Gasteiger partial charge in [-0.25, -0.2) is 4.98 Å². The highest BCUT2D eigenvalue weighted by molar-refractivity contribution is 6.07. The van der Waals surface area contributed by atoms with Crippen LogP contribution in [0, 0.1) is 0 Å². The van der Waals surface area contributed by atoms with Crippen molar-refractivity contribution < 1.29 is 4.79 Å². The predicted octanol–water partition coefficient (Wildman–Crippen LogP) is 1.91. The Bertz CT molecular complexity index is 650. The molecule has 0 saturated heterocycles. The van der Waals surface area contributed by atoms with E-state index in [4.69, 9.17) is 0 Å². The van der Waals surface area contributed by atoms with Crippen molar-refractivity contribution in [2.75, 3.05) is 31.3 Å². The lowest BCUT2D eigenvalue weighted by molar-refractivity contribution is 0.102. The van der Waals surface area contributed by atoms with E-state index < -0.39 is 0 Å². The molecule has 0 fully saturated rings. The molecule has 0 bridgehead atoms. The molecule has 124 valence electrons. The summed E-state index contributed by atoms with van der Waals surface area (Å²) in [6.45, 7) is 5.67. The van der Waals surface area contributed by atoms with Gasteiger partial charge < -0.3 is 15.5 Å². The largest absolute Gasteiger partial charge is 0.367 e. The number of carbonyl (C=O) groups excluding carboxylic acids is 1. The van der Waals surface area contributed by atoms with Crippen LogP contribution in [0.3, 0.4) is 0 Å². The number of amides is 1. The second kappa shape index (κ2) is 7.73. The first-order valence-corrected chi connectivity index (χ1v) is 7.66. The van der Waals surface area contributed by atoms with Gasteiger partial charge in [0.2, 0.25) is 0 Å². The standard InChI is InChI=1S/C16H24N6O/c1-12(2)19-15-14(6-5-7-17-15)16(23)20-13-10-18-22(11-13)9-8-21(3)4/h5-7,10-12H,8-9H2,1-4H3,(H,17,19)(H,20,23). The van der Waals surface area contributed by atoms with Crippen LogP contribution in [-0.2, 0) is 6.54 Å². The van der Waals surface area contributed by atoms with E-state index in [9.17, 15) is 4.79 Å². The normalized spacial score (nSPS) is 11.0. The van der Waals surface area contributed by atoms with Gasteiger partial charge in [0.25, 0.3) is 5.91 Å². The first-order chi connectivity index (χ1) is 11.0. The number of likely N-dealkylation sites (N-methyl/N-ethyl adjacent to an activating group) is 1. The number of hydrogen-bond donors (Lipinski definition) is 2. The summed E-state index contributed by atoms with van der Waals surface area (Å²) in [6, 6.07) is 3.70. The Kier molecular flexibility index (Phi) is 5.70. The lowest BCUT2D eigenvalue weighted by Crippen LogP contribution is -2.19. The maximum atomic E-state index is 12.5. The van der Waals surface area contributed by atoms with E-state index in [2.05, 4.69) is 25.6 Å². The minimum absolute atomic E-state index is 0.199. The fraction of sp³-hybridized carbons (Fsp3) is 0.438. The second-order valence-electron chi connectivity index (χ2n) is 5.95. The molecule has 0 aliphatic rings. The zero-order chi connectivity index (χ0) is 16.8. The third kappa shape index (κ3) is 5.07. The van der Waals surface area contributed by atoms with E-state index in [0.717, 1.165) is 13.1 Å². The minimum Gasteiger partial charge on any atom is -0.367 e. The highest BCUT2D eigenvalue weighted by Gasteiger charge is 2.13. The molecule has 7 nitrogen and oxygen atoms in total. The van der Waals surface area contributed by atoms with Gasteiger partial charge in [-0.2, -0.15) is 5.10 Å². The summed E-state index contributed by atoms with van der Waals surface area (Å²) in [5.41, 5.74) is 1.19. The Morgan fingerprint density at radius 2 is 2.17 bits per heavy atom. The number of anilines is 2. The van der Waals surface area contributed by atoms with Gasteiger partial charge in [-0.3, -0.25) is 9.48 Å². The van der Waals surface area contributed by atoms with E-state index in [1.165, 1.54) is 0 Å². The summed E-state index contributed by atoms with van der Waals surface area (Å²) >= 11 is 0. The summed E-state index contributed by atoms with van der Waals surface area (Å²) in [7, 11) is 4.02. The summed E-state index contributed by atoms with van der Waals surface area (Å²) < 4.78 is 1.81. The van der Waals surface area contributed by atoms with Gasteiger partial charge in [0.1, 0.15) is 5.82 Å². The lowest BCUT2D eigenvalue weighted by Gasteiger charge is -2.12. The predicted molar refractivity (Wildman–Crippen MR) is 91.7 cm³/mol. The number of nitrogens with one attached hydrogen (secondary N) is 2. The van der Waals surface area contributed by atoms with Crippen molar-refractivity contribution in [3.05, 3.63) is 36.3 Å². The van der Waals surface area contributed by atoms with Crippen molar-refractivity contribution in [3.8, 4) is 0 Å².